The van der Waals surface area contributed by atoms with E-state index in [1.807, 2.05) is 18.2 Å². The predicted octanol–water partition coefficient (Wildman–Crippen LogP) is -0.266. The van der Waals surface area contributed by atoms with Crippen molar-refractivity contribution in [1.82, 2.24) is 0 Å². The minimum absolute atomic E-state index is 0.771. The first-order valence-electron chi connectivity index (χ1n) is 2.61. The largest absolute Gasteiger partial charge is 0.428 e. The Hall–Kier alpha value is -1.40. The summed E-state index contributed by atoms with van der Waals surface area (Å²) < 4.78 is 0. The van der Waals surface area contributed by atoms with Crippen LogP contribution in [0.25, 0.3) is 0 Å². The van der Waals surface area contributed by atoms with Crippen molar-refractivity contribution in [1.29, 1.82) is 0 Å². The van der Waals surface area contributed by atoms with E-state index >= 15 is 0 Å². The number of carbonyl (C=O) groups excluding carboxylic acids is 1. The smallest absolute Gasteiger partial charge is 0.159 e. The first-order chi connectivity index (χ1) is 4.43. The van der Waals surface area contributed by atoms with E-state index in [0.717, 1.165) is 5.69 Å². The third-order valence-electron chi connectivity index (χ3n) is 0.969. The van der Waals surface area contributed by atoms with E-state index in [4.69, 9.17) is 0 Å². The van der Waals surface area contributed by atoms with E-state index in [1.54, 1.807) is 18.2 Å². The maximum atomic E-state index is 9.74. The van der Waals surface area contributed by atoms with Crippen LogP contribution in [0.1, 0.15) is 0 Å². The van der Waals surface area contributed by atoms with E-state index in [1.165, 1.54) is 0 Å². The molecule has 0 saturated carbocycles. The first-order valence-corrected chi connectivity index (χ1v) is 2.61. The van der Waals surface area contributed by atoms with Gasteiger partial charge in [-0.05, 0) is 0 Å². The summed E-state index contributed by atoms with van der Waals surface area (Å²) in [7, 11) is 0. The zero-order chi connectivity index (χ0) is 6.53. The average molecular weight is 120 g/mol. The zero-order valence-electron chi connectivity index (χ0n) is 4.79. The monoisotopic (exact) mass is 120 g/mol. The highest BCUT2D eigenvalue weighted by atomic mass is 16.1. The lowest BCUT2D eigenvalue weighted by Crippen LogP contribution is -2.59. The summed E-state index contributed by atoms with van der Waals surface area (Å²) in [5.74, 6) is 0. The molecule has 0 aliphatic heterocycles. The van der Waals surface area contributed by atoms with E-state index in [2.05, 4.69) is 4.99 Å². The molecule has 9 heavy (non-hydrogen) atoms. The van der Waals surface area contributed by atoms with E-state index in [0.29, 0.717) is 0 Å². The molecular weight excluding hydrogens is 114 g/mol. The first kappa shape index (κ1) is 5.73. The van der Waals surface area contributed by atoms with Gasteiger partial charge in [-0.3, -0.25) is 0 Å². The quantitative estimate of drug-likeness (QED) is 0.401. The molecule has 0 amide bonds. The van der Waals surface area contributed by atoms with Gasteiger partial charge in [0.05, 0.1) is 0 Å². The van der Waals surface area contributed by atoms with Crippen molar-refractivity contribution in [3.63, 3.8) is 0 Å². The van der Waals surface area contributed by atoms with Crippen LogP contribution in [-0.4, -0.2) is 6.08 Å². The number of hydrogen-bond acceptors (Lipinski definition) is 1. The number of rotatable bonds is 1. The predicted molar refractivity (Wildman–Crippen MR) is 32.8 cm³/mol. The van der Waals surface area contributed by atoms with Gasteiger partial charge in [0.1, 0.15) is 0 Å². The van der Waals surface area contributed by atoms with Gasteiger partial charge in [-0.2, -0.15) is 4.79 Å². The van der Waals surface area contributed by atoms with Crippen LogP contribution in [0.4, 0.5) is 5.69 Å². The Morgan fingerprint density at radius 1 is 1.22 bits per heavy atom. The lowest BCUT2D eigenvalue weighted by Gasteiger charge is -1.77. The molecule has 0 fully saturated rings. The van der Waals surface area contributed by atoms with Gasteiger partial charge in [0.25, 0.3) is 0 Å². The Morgan fingerprint density at radius 3 is 2.44 bits per heavy atom. The lowest BCUT2D eigenvalue weighted by atomic mass is 10.3. The van der Waals surface area contributed by atoms with Gasteiger partial charge >= 0.3 is 6.08 Å². The van der Waals surface area contributed by atoms with Gasteiger partial charge in [0.2, 0.25) is 5.69 Å². The molecule has 2 nitrogen and oxygen atoms in total. The zero-order valence-corrected chi connectivity index (χ0v) is 4.79. The van der Waals surface area contributed by atoms with Crippen LogP contribution in [0.15, 0.2) is 30.3 Å². The number of nitrogens with one attached hydrogen (secondary N) is 1. The molecule has 0 radical (unpaired) electrons. The summed E-state index contributed by atoms with van der Waals surface area (Å²) in [6.45, 7) is 0. The lowest BCUT2D eigenvalue weighted by molar-refractivity contribution is -0.350. The molecule has 0 heterocycles. The van der Waals surface area contributed by atoms with Crippen LogP contribution >= 0.6 is 0 Å². The van der Waals surface area contributed by atoms with Crippen LogP contribution in [0.2, 0.25) is 0 Å². The van der Waals surface area contributed by atoms with Gasteiger partial charge in [-0.1, -0.05) is 18.2 Å². The van der Waals surface area contributed by atoms with Gasteiger partial charge in [0, 0.05) is 12.1 Å². The normalized spacial score (nSPS) is 8.00. The topological polar surface area (TPSA) is 31.0 Å². The molecule has 0 saturated heterocycles. The van der Waals surface area contributed by atoms with Crippen molar-refractivity contribution in [2.24, 2.45) is 0 Å². The molecule has 2 heteroatoms. The Balaban J connectivity index is 2.97. The summed E-state index contributed by atoms with van der Waals surface area (Å²) in [4.78, 5) is 12.1. The van der Waals surface area contributed by atoms with Crippen LogP contribution in [0.3, 0.4) is 0 Å². The maximum absolute atomic E-state index is 9.74. The molecule has 1 aromatic carbocycles. The third-order valence-corrected chi connectivity index (χ3v) is 0.969. The molecule has 1 rings (SSSR count). The van der Waals surface area contributed by atoms with Gasteiger partial charge in [-0.25, -0.2) is 0 Å². The molecule has 44 valence electrons. The van der Waals surface area contributed by atoms with Crippen molar-refractivity contribution < 1.29 is 9.79 Å². The SMILES string of the molecule is O=C=[NH+]c1ccccc1. The molecule has 1 aromatic rings. The van der Waals surface area contributed by atoms with E-state index in [9.17, 15) is 4.79 Å². The van der Waals surface area contributed by atoms with E-state index in [-0.39, 0.29) is 0 Å². The van der Waals surface area contributed by atoms with Gasteiger partial charge in [0.15, 0.2) is 0 Å². The van der Waals surface area contributed by atoms with Crippen molar-refractivity contribution in [3.8, 4) is 0 Å². The van der Waals surface area contributed by atoms with Gasteiger partial charge < -0.3 is 0 Å². The Bertz CT molecular complexity index is 224. The fraction of sp³-hybridized carbons (Fsp3) is 0. The second-order valence-electron chi connectivity index (χ2n) is 1.59. The minimum Gasteiger partial charge on any atom is -0.159 e. The van der Waals surface area contributed by atoms with Crippen molar-refractivity contribution in [2.75, 3.05) is 0 Å². The summed E-state index contributed by atoms with van der Waals surface area (Å²) in [5, 5.41) is 0. The van der Waals surface area contributed by atoms with Crippen LogP contribution in [0.5, 0.6) is 0 Å². The molecule has 1 N–H and O–H groups in total. The summed E-state index contributed by atoms with van der Waals surface area (Å²) >= 11 is 0. The third kappa shape index (κ3) is 1.52. The Morgan fingerprint density at radius 2 is 1.89 bits per heavy atom. The van der Waals surface area contributed by atoms with Crippen molar-refractivity contribution in [2.45, 2.75) is 0 Å². The van der Waals surface area contributed by atoms with E-state index < -0.39 is 0 Å². The minimum atomic E-state index is 0.771. The Labute approximate surface area is 52.9 Å². The summed E-state index contributed by atoms with van der Waals surface area (Å²) in [6, 6.07) is 9.17. The fourth-order valence-electron chi connectivity index (χ4n) is 0.580. The van der Waals surface area contributed by atoms with Crippen LogP contribution < -0.4 is 4.99 Å². The van der Waals surface area contributed by atoms with Gasteiger partial charge in [-0.15, -0.1) is 4.99 Å². The molecule has 0 spiro atoms. The average Bonchev–Trinajstić information content (AvgIpc) is 1.91. The maximum Gasteiger partial charge on any atom is 0.428 e. The second-order valence-corrected chi connectivity index (χ2v) is 1.59. The molecule has 0 aromatic heterocycles. The molecule has 0 atom stereocenters. The molecule has 0 aliphatic rings. The number of benzene rings is 1. The molecular formula is C7H6NO+. The highest BCUT2D eigenvalue weighted by Gasteiger charge is 1.87. The standard InChI is InChI=1S/C7H5NO/c9-6-8-7-4-2-1-3-5-7/h1-5H/p+1. The molecule has 0 bridgehead atoms. The fourth-order valence-corrected chi connectivity index (χ4v) is 0.580. The molecule has 0 unspecified atom stereocenters. The highest BCUT2D eigenvalue weighted by molar-refractivity contribution is 5.33. The van der Waals surface area contributed by atoms with Crippen LogP contribution in [-0.2, 0) is 4.79 Å². The molecule has 0 aliphatic carbocycles. The Kier molecular flexibility index (Phi) is 1.78. The number of hydrogen-bond donors (Lipinski definition) is 1. The van der Waals surface area contributed by atoms with Crippen molar-refractivity contribution in [3.05, 3.63) is 30.3 Å². The summed E-state index contributed by atoms with van der Waals surface area (Å²) in [6.07, 6.45) is 1.58. The highest BCUT2D eigenvalue weighted by Crippen LogP contribution is 1.93. The summed E-state index contributed by atoms with van der Waals surface area (Å²) in [5.41, 5.74) is 0.771. The second kappa shape index (κ2) is 2.80. The van der Waals surface area contributed by atoms with Crippen molar-refractivity contribution >= 4 is 11.8 Å². The number of para-hydroxylation sites is 1. The van der Waals surface area contributed by atoms with Crippen LogP contribution in [0, 0.1) is 0 Å². The number of isocyanates is 1.